The maximum absolute atomic E-state index is 3.92. The number of hydrogen-bond donors (Lipinski definition) is 0. The minimum Gasteiger partial charge on any atom is -0.0985 e. The molecule has 0 bridgehead atoms. The van der Waals surface area contributed by atoms with Gasteiger partial charge < -0.3 is 0 Å². The Balaban J connectivity index is 4.96. The van der Waals surface area contributed by atoms with Crippen LogP contribution in [-0.4, -0.2) is 0 Å². The molecule has 0 saturated heterocycles. The van der Waals surface area contributed by atoms with Crippen molar-refractivity contribution in [3.05, 3.63) is 98.2 Å². The van der Waals surface area contributed by atoms with E-state index >= 15 is 0 Å². The molecule has 16 heavy (non-hydrogen) atoms. The molecule has 0 saturated carbocycles. The predicted molar refractivity (Wildman–Crippen MR) is 75.2 cm³/mol. The molecule has 0 heteroatoms. The van der Waals surface area contributed by atoms with Gasteiger partial charge in [0, 0.05) is 0 Å². The zero-order valence-corrected chi connectivity index (χ0v) is 9.81. The largest absolute Gasteiger partial charge is 0.0985 e. The van der Waals surface area contributed by atoms with Crippen LogP contribution in [0.3, 0.4) is 0 Å². The Kier molecular flexibility index (Phi) is 4.97. The molecule has 0 amide bonds. The van der Waals surface area contributed by atoms with E-state index < -0.39 is 0 Å². The van der Waals surface area contributed by atoms with Gasteiger partial charge in [-0.3, -0.25) is 0 Å². The lowest BCUT2D eigenvalue weighted by Crippen LogP contribution is -1.96. The van der Waals surface area contributed by atoms with Crippen molar-refractivity contribution >= 4 is 0 Å². The second-order valence-electron chi connectivity index (χ2n) is 3.37. The Labute approximate surface area is 98.7 Å². The SMILES string of the molecule is C=CC(=C)C(=C)C(=C)C(=C)C(=C)C(=C)C=C. The van der Waals surface area contributed by atoms with Crippen LogP contribution in [0.5, 0.6) is 0 Å². The van der Waals surface area contributed by atoms with Gasteiger partial charge in [0.05, 0.1) is 0 Å². The summed E-state index contributed by atoms with van der Waals surface area (Å²) in [5, 5.41) is 0. The van der Waals surface area contributed by atoms with Crippen molar-refractivity contribution in [2.45, 2.75) is 0 Å². The minimum absolute atomic E-state index is 0.692. The van der Waals surface area contributed by atoms with E-state index in [4.69, 9.17) is 0 Å². The molecule has 0 aromatic rings. The molecule has 0 nitrogen and oxygen atoms in total. The highest BCUT2D eigenvalue weighted by atomic mass is 14.1. The van der Waals surface area contributed by atoms with Crippen molar-refractivity contribution in [1.82, 2.24) is 0 Å². The minimum atomic E-state index is 0.692. The van der Waals surface area contributed by atoms with Gasteiger partial charge in [0.1, 0.15) is 0 Å². The smallest absolute Gasteiger partial charge is 0.0184 e. The average molecular weight is 210 g/mol. The van der Waals surface area contributed by atoms with Crippen molar-refractivity contribution < 1.29 is 0 Å². The van der Waals surface area contributed by atoms with E-state index in [1.807, 2.05) is 0 Å². The van der Waals surface area contributed by atoms with Crippen molar-refractivity contribution in [2.75, 3.05) is 0 Å². The predicted octanol–water partition coefficient (Wildman–Crippen LogP) is 4.70. The molecule has 0 heterocycles. The molecule has 0 aromatic carbocycles. The lowest BCUT2D eigenvalue weighted by molar-refractivity contribution is 1.40. The summed E-state index contributed by atoms with van der Waals surface area (Å²) in [6, 6.07) is 0. The standard InChI is InChI=1S/C16H18/c1-9-11(3)13(5)15(7)16(8)14(6)12(4)10-2/h9-10H,1-8H2. The molecule has 0 aromatic heterocycles. The first-order chi connectivity index (χ1) is 7.36. The molecule has 0 fully saturated rings. The van der Waals surface area contributed by atoms with Crippen LogP contribution >= 0.6 is 0 Å². The quantitative estimate of drug-likeness (QED) is 0.534. The summed E-state index contributed by atoms with van der Waals surface area (Å²) in [5.41, 5.74) is 4.25. The molecular weight excluding hydrogens is 192 g/mol. The van der Waals surface area contributed by atoms with Gasteiger partial charge in [-0.1, -0.05) is 64.8 Å². The van der Waals surface area contributed by atoms with E-state index in [0.717, 1.165) is 11.1 Å². The third-order valence-electron chi connectivity index (χ3n) is 2.36. The Morgan fingerprint density at radius 2 is 0.750 bits per heavy atom. The zero-order chi connectivity index (χ0) is 12.9. The lowest BCUT2D eigenvalue weighted by atomic mass is 9.90. The van der Waals surface area contributed by atoms with Gasteiger partial charge in [-0.15, -0.1) is 0 Å². The van der Waals surface area contributed by atoms with Crippen molar-refractivity contribution in [3.63, 3.8) is 0 Å². The van der Waals surface area contributed by atoms with Crippen LogP contribution in [0, 0.1) is 0 Å². The monoisotopic (exact) mass is 210 g/mol. The van der Waals surface area contributed by atoms with Gasteiger partial charge in [0.2, 0.25) is 0 Å². The fraction of sp³-hybridized carbons (Fsp3) is 0. The van der Waals surface area contributed by atoms with Gasteiger partial charge in [0.25, 0.3) is 0 Å². The van der Waals surface area contributed by atoms with Crippen molar-refractivity contribution in [3.8, 4) is 0 Å². The second-order valence-corrected chi connectivity index (χ2v) is 3.37. The summed E-state index contributed by atoms with van der Waals surface area (Å²) in [6.07, 6.45) is 3.26. The van der Waals surface area contributed by atoms with Crippen molar-refractivity contribution in [2.24, 2.45) is 0 Å². The summed E-state index contributed by atoms with van der Waals surface area (Å²) in [6.45, 7) is 30.5. The van der Waals surface area contributed by atoms with Crippen LogP contribution in [0.25, 0.3) is 0 Å². The number of allylic oxidation sites excluding steroid dienone is 8. The first-order valence-electron chi connectivity index (χ1n) is 4.77. The van der Waals surface area contributed by atoms with Gasteiger partial charge >= 0.3 is 0 Å². The molecule has 0 aliphatic heterocycles. The Bertz CT molecular complexity index is 383. The van der Waals surface area contributed by atoms with Crippen molar-refractivity contribution in [1.29, 1.82) is 0 Å². The number of hydrogen-bond acceptors (Lipinski definition) is 0. The maximum Gasteiger partial charge on any atom is -0.0184 e. The fourth-order valence-corrected chi connectivity index (χ4v) is 0.998. The second kappa shape index (κ2) is 5.72. The Hall–Kier alpha value is -2.08. The molecule has 0 aliphatic rings. The van der Waals surface area contributed by atoms with E-state index in [9.17, 15) is 0 Å². The summed E-state index contributed by atoms with van der Waals surface area (Å²) in [4.78, 5) is 0. The number of rotatable bonds is 7. The Morgan fingerprint density at radius 1 is 0.500 bits per heavy atom. The first kappa shape index (κ1) is 13.9. The van der Waals surface area contributed by atoms with Gasteiger partial charge in [-0.05, 0) is 33.4 Å². The van der Waals surface area contributed by atoms with Gasteiger partial charge in [-0.25, -0.2) is 0 Å². The average Bonchev–Trinajstić information content (AvgIpc) is 2.32. The van der Waals surface area contributed by atoms with Crippen LogP contribution in [0.2, 0.25) is 0 Å². The van der Waals surface area contributed by atoms with Crippen LogP contribution < -0.4 is 0 Å². The molecule has 0 spiro atoms. The Morgan fingerprint density at radius 3 is 0.938 bits per heavy atom. The molecular formula is C16H18. The highest BCUT2D eigenvalue weighted by Crippen LogP contribution is 2.28. The molecule has 0 atom stereocenters. The van der Waals surface area contributed by atoms with E-state index in [2.05, 4.69) is 52.6 Å². The lowest BCUT2D eigenvalue weighted by Gasteiger charge is -2.14. The third-order valence-corrected chi connectivity index (χ3v) is 2.36. The van der Waals surface area contributed by atoms with Crippen LogP contribution in [-0.2, 0) is 0 Å². The highest BCUT2D eigenvalue weighted by Gasteiger charge is 2.09. The fourth-order valence-electron chi connectivity index (χ4n) is 0.998. The van der Waals surface area contributed by atoms with Crippen LogP contribution in [0.15, 0.2) is 98.2 Å². The molecule has 0 radical (unpaired) electrons. The van der Waals surface area contributed by atoms with E-state index in [1.165, 1.54) is 0 Å². The maximum atomic E-state index is 3.92. The molecule has 0 N–H and O–H groups in total. The third kappa shape index (κ3) is 2.96. The topological polar surface area (TPSA) is 0 Å². The van der Waals surface area contributed by atoms with E-state index in [0.29, 0.717) is 22.3 Å². The molecule has 0 unspecified atom stereocenters. The van der Waals surface area contributed by atoms with Crippen LogP contribution in [0.4, 0.5) is 0 Å². The summed E-state index contributed by atoms with van der Waals surface area (Å²) < 4.78 is 0. The van der Waals surface area contributed by atoms with E-state index in [-0.39, 0.29) is 0 Å². The molecule has 0 rings (SSSR count). The summed E-state index contributed by atoms with van der Waals surface area (Å²) >= 11 is 0. The normalized spacial score (nSPS) is 8.75. The van der Waals surface area contributed by atoms with Gasteiger partial charge in [0.15, 0.2) is 0 Å². The highest BCUT2D eigenvalue weighted by molar-refractivity contribution is 5.64. The van der Waals surface area contributed by atoms with E-state index in [1.54, 1.807) is 12.2 Å². The summed E-state index contributed by atoms with van der Waals surface area (Å²) in [5.74, 6) is 0. The van der Waals surface area contributed by atoms with Crippen LogP contribution in [0.1, 0.15) is 0 Å². The summed E-state index contributed by atoms with van der Waals surface area (Å²) in [7, 11) is 0. The first-order valence-corrected chi connectivity index (χ1v) is 4.77. The zero-order valence-electron chi connectivity index (χ0n) is 9.81. The van der Waals surface area contributed by atoms with Gasteiger partial charge in [-0.2, -0.15) is 0 Å². The molecule has 82 valence electrons. The molecule has 0 aliphatic carbocycles.